The molecule has 190 valence electrons. The number of aliphatic hydroxyl groups is 1. The first-order valence-corrected chi connectivity index (χ1v) is 11.0. The number of alkyl halides is 3. The lowest BCUT2D eigenvalue weighted by Crippen LogP contribution is -2.45. The van der Waals surface area contributed by atoms with Gasteiger partial charge < -0.3 is 30.4 Å². The van der Waals surface area contributed by atoms with Crippen molar-refractivity contribution in [3.63, 3.8) is 0 Å². The fourth-order valence-corrected chi connectivity index (χ4v) is 3.36. The Morgan fingerprint density at radius 3 is 2.45 bits per heavy atom. The zero-order valence-corrected chi connectivity index (χ0v) is 19.8. The number of ether oxygens (including phenoxy) is 3. The van der Waals surface area contributed by atoms with Crippen molar-refractivity contribution >= 4 is 5.91 Å². The Balaban J connectivity index is 2.72. The predicted molar refractivity (Wildman–Crippen MR) is 119 cm³/mol. The molecule has 1 aromatic carbocycles. The minimum Gasteiger partial charge on any atom is -0.493 e. The minimum absolute atomic E-state index is 0.0928. The number of halogens is 3. The van der Waals surface area contributed by atoms with E-state index in [2.05, 4.69) is 5.32 Å². The first-order valence-electron chi connectivity index (χ1n) is 11.0. The highest BCUT2D eigenvalue weighted by Crippen LogP contribution is 2.31. The predicted octanol–water partition coefficient (Wildman–Crippen LogP) is 3.07. The van der Waals surface area contributed by atoms with E-state index >= 15 is 0 Å². The average molecular weight is 479 g/mol. The van der Waals surface area contributed by atoms with Gasteiger partial charge in [0.15, 0.2) is 11.5 Å². The van der Waals surface area contributed by atoms with Crippen molar-refractivity contribution in [2.45, 2.75) is 57.9 Å². The normalized spacial score (nSPS) is 14.6. The highest BCUT2D eigenvalue weighted by molar-refractivity contribution is 5.76. The largest absolute Gasteiger partial charge is 0.493 e. The van der Waals surface area contributed by atoms with Gasteiger partial charge in [-0.2, -0.15) is 13.2 Å². The smallest absolute Gasteiger partial charge is 0.397 e. The summed E-state index contributed by atoms with van der Waals surface area (Å²) in [6, 6.07) is 4.99. The van der Waals surface area contributed by atoms with Gasteiger partial charge in [0.2, 0.25) is 5.91 Å². The third-order valence-electron chi connectivity index (χ3n) is 5.36. The molecule has 0 fully saturated rings. The highest BCUT2D eigenvalue weighted by Gasteiger charge is 2.31. The van der Waals surface area contributed by atoms with Gasteiger partial charge in [-0.3, -0.25) is 4.79 Å². The zero-order valence-electron chi connectivity index (χ0n) is 19.8. The fourth-order valence-electron chi connectivity index (χ4n) is 3.36. The molecule has 0 aliphatic heterocycles. The van der Waals surface area contributed by atoms with E-state index in [1.807, 2.05) is 32.0 Å². The van der Waals surface area contributed by atoms with E-state index in [0.717, 1.165) is 12.0 Å². The summed E-state index contributed by atoms with van der Waals surface area (Å²) < 4.78 is 53.0. The molecule has 33 heavy (non-hydrogen) atoms. The van der Waals surface area contributed by atoms with Crippen LogP contribution in [0.3, 0.4) is 0 Å². The van der Waals surface area contributed by atoms with Gasteiger partial charge in [-0.1, -0.05) is 19.9 Å². The summed E-state index contributed by atoms with van der Waals surface area (Å²) in [5.41, 5.74) is 7.12. The molecule has 4 N–H and O–H groups in total. The Labute approximate surface area is 193 Å². The zero-order chi connectivity index (χ0) is 25.0. The molecule has 0 radical (unpaired) electrons. The van der Waals surface area contributed by atoms with Crippen molar-refractivity contribution < 1.29 is 37.3 Å². The molecular formula is C23H37F3N2O5. The van der Waals surface area contributed by atoms with Crippen molar-refractivity contribution in [3.05, 3.63) is 23.8 Å². The second-order valence-electron chi connectivity index (χ2n) is 8.45. The molecule has 0 aromatic heterocycles. The molecule has 3 atom stereocenters. The summed E-state index contributed by atoms with van der Waals surface area (Å²) in [5.74, 6) is 0.390. The fraction of sp³-hybridized carbons (Fsp3) is 0.696. The second-order valence-corrected chi connectivity index (χ2v) is 8.45. The van der Waals surface area contributed by atoms with E-state index < -0.39 is 30.7 Å². The van der Waals surface area contributed by atoms with Crippen LogP contribution in [0.25, 0.3) is 0 Å². The van der Waals surface area contributed by atoms with Gasteiger partial charge in [-0.15, -0.1) is 0 Å². The summed E-state index contributed by atoms with van der Waals surface area (Å²) in [5, 5.41) is 12.3. The topological polar surface area (TPSA) is 103 Å². The van der Waals surface area contributed by atoms with E-state index in [0.29, 0.717) is 37.6 Å². The number of hydrogen-bond donors (Lipinski definition) is 3. The number of methoxy groups -OCH3 is 2. The van der Waals surface area contributed by atoms with Gasteiger partial charge in [0.05, 0.1) is 19.8 Å². The van der Waals surface area contributed by atoms with E-state index in [1.54, 1.807) is 14.2 Å². The average Bonchev–Trinajstić information content (AvgIpc) is 2.73. The summed E-state index contributed by atoms with van der Waals surface area (Å²) in [6.45, 7) is 4.83. The van der Waals surface area contributed by atoms with Crippen LogP contribution in [0.5, 0.6) is 11.5 Å². The molecule has 0 aliphatic carbocycles. The summed E-state index contributed by atoms with van der Waals surface area (Å²) in [4.78, 5) is 11.3. The van der Waals surface area contributed by atoms with Crippen LogP contribution in [-0.4, -0.2) is 63.3 Å². The molecular weight excluding hydrogens is 441 g/mol. The van der Waals surface area contributed by atoms with Gasteiger partial charge in [0, 0.05) is 32.7 Å². The molecule has 7 nitrogen and oxygen atoms in total. The van der Waals surface area contributed by atoms with Gasteiger partial charge in [0.25, 0.3) is 0 Å². The third kappa shape index (κ3) is 11.6. The van der Waals surface area contributed by atoms with Crippen LogP contribution >= 0.6 is 0 Å². The molecule has 0 unspecified atom stereocenters. The number of rotatable bonds is 15. The third-order valence-corrected chi connectivity index (χ3v) is 5.36. The van der Waals surface area contributed by atoms with E-state index in [-0.39, 0.29) is 18.4 Å². The lowest BCUT2D eigenvalue weighted by molar-refractivity contribution is -0.154. The molecule has 0 bridgehead atoms. The first kappa shape index (κ1) is 29.0. The maximum Gasteiger partial charge on any atom is 0.397 e. The molecule has 1 rings (SSSR count). The summed E-state index contributed by atoms with van der Waals surface area (Å²) in [6.07, 6.45) is -5.49. The van der Waals surface area contributed by atoms with E-state index in [4.69, 9.17) is 19.9 Å². The van der Waals surface area contributed by atoms with Gasteiger partial charge in [0.1, 0.15) is 6.42 Å². The highest BCUT2D eigenvalue weighted by atomic mass is 19.4. The van der Waals surface area contributed by atoms with Gasteiger partial charge in [-0.25, -0.2) is 0 Å². The van der Waals surface area contributed by atoms with Crippen LogP contribution in [0, 0.1) is 11.8 Å². The summed E-state index contributed by atoms with van der Waals surface area (Å²) >= 11 is 0. The number of nitrogens with two attached hydrogens (primary N) is 1. The number of amides is 1. The molecule has 0 heterocycles. The number of aliphatic hydroxyl groups excluding tert-OH is 1. The number of hydrogen-bond acceptors (Lipinski definition) is 6. The van der Waals surface area contributed by atoms with Crippen molar-refractivity contribution in [1.82, 2.24) is 5.32 Å². The minimum atomic E-state index is -4.59. The van der Waals surface area contributed by atoms with Crippen LogP contribution in [0.2, 0.25) is 0 Å². The van der Waals surface area contributed by atoms with Crippen molar-refractivity contribution in [2.24, 2.45) is 17.6 Å². The van der Waals surface area contributed by atoms with E-state index in [9.17, 15) is 23.1 Å². The molecule has 0 saturated heterocycles. The number of nitrogens with one attached hydrogen (secondary N) is 1. The summed E-state index contributed by atoms with van der Waals surface area (Å²) in [7, 11) is 3.20. The molecule has 10 heteroatoms. The Hall–Kier alpha value is -2.04. The Morgan fingerprint density at radius 1 is 1.18 bits per heavy atom. The number of carbonyl (C=O) groups is 1. The quantitative estimate of drug-likeness (QED) is 0.335. The van der Waals surface area contributed by atoms with Crippen LogP contribution in [0.15, 0.2) is 18.2 Å². The van der Waals surface area contributed by atoms with E-state index in [1.165, 1.54) is 0 Å². The molecule has 1 amide bonds. The second kappa shape index (κ2) is 14.3. The van der Waals surface area contributed by atoms with Crippen molar-refractivity contribution in [3.8, 4) is 11.5 Å². The SMILES string of the molecule is COCCCOc1cc(C[C@@H](C[C@H](N)[C@@H](O)CNC(=O)CC(F)(F)F)C(C)C)ccc1OC. The molecule has 0 saturated carbocycles. The Morgan fingerprint density at radius 2 is 1.88 bits per heavy atom. The maximum absolute atomic E-state index is 12.3. The lowest BCUT2D eigenvalue weighted by Gasteiger charge is -2.27. The van der Waals surface area contributed by atoms with Crippen LogP contribution in [-0.2, 0) is 16.0 Å². The van der Waals surface area contributed by atoms with Crippen LogP contribution < -0.4 is 20.5 Å². The Bertz CT molecular complexity index is 716. The standard InChI is InChI=1S/C23H37F3N2O5/c1-15(2)17(12-18(27)19(29)14-28-22(30)13-23(24,25)26)10-16-6-7-20(32-4)21(11-16)33-9-5-8-31-3/h6-7,11,15,17-19,29H,5,8-10,12-14,27H2,1-4H3,(H,28,30)/t17-,18-,19-/m0/s1. The maximum atomic E-state index is 12.3. The number of carbonyl (C=O) groups excluding carboxylic acids is 1. The van der Waals surface area contributed by atoms with Crippen LogP contribution in [0.4, 0.5) is 13.2 Å². The van der Waals surface area contributed by atoms with Crippen LogP contribution in [0.1, 0.15) is 38.7 Å². The number of benzene rings is 1. The van der Waals surface area contributed by atoms with Gasteiger partial charge in [-0.05, 0) is 42.4 Å². The molecule has 1 aromatic rings. The molecule has 0 aliphatic rings. The van der Waals surface area contributed by atoms with Gasteiger partial charge >= 0.3 is 6.18 Å². The lowest BCUT2D eigenvalue weighted by atomic mass is 9.83. The van der Waals surface area contributed by atoms with Crippen molar-refractivity contribution in [1.29, 1.82) is 0 Å². The molecule has 0 spiro atoms. The first-order chi connectivity index (χ1) is 15.5. The monoisotopic (exact) mass is 478 g/mol. The van der Waals surface area contributed by atoms with Crippen molar-refractivity contribution in [2.75, 3.05) is 34.0 Å². The Kier molecular flexibility index (Phi) is 12.5.